The standard InChI is InChI=1S/C14H15N3O3/c1-8(18)16-14-11(13(15)19)7-12(17-14)9-3-5-10(20-2)6-4-9/h3-7,17H,1-2H3,(H2,15,19)(H,16,18). The summed E-state index contributed by atoms with van der Waals surface area (Å²) in [5.41, 5.74) is 7.08. The zero-order valence-electron chi connectivity index (χ0n) is 11.2. The second-order valence-corrected chi connectivity index (χ2v) is 4.25. The molecule has 1 heterocycles. The average Bonchev–Trinajstić information content (AvgIpc) is 2.82. The van der Waals surface area contributed by atoms with Crippen molar-refractivity contribution in [3.63, 3.8) is 0 Å². The van der Waals surface area contributed by atoms with Gasteiger partial charge in [-0.2, -0.15) is 0 Å². The molecular formula is C14H15N3O3. The van der Waals surface area contributed by atoms with Crippen molar-refractivity contribution in [3.05, 3.63) is 35.9 Å². The maximum Gasteiger partial charge on any atom is 0.252 e. The third-order valence-electron chi connectivity index (χ3n) is 2.79. The van der Waals surface area contributed by atoms with E-state index in [0.717, 1.165) is 11.3 Å². The van der Waals surface area contributed by atoms with Gasteiger partial charge >= 0.3 is 0 Å². The van der Waals surface area contributed by atoms with Gasteiger partial charge < -0.3 is 20.8 Å². The normalized spacial score (nSPS) is 10.1. The molecule has 1 aromatic heterocycles. The minimum atomic E-state index is -0.607. The predicted octanol–water partition coefficient (Wildman–Crippen LogP) is 1.75. The van der Waals surface area contributed by atoms with Crippen molar-refractivity contribution < 1.29 is 14.3 Å². The van der Waals surface area contributed by atoms with Gasteiger partial charge in [-0.25, -0.2) is 0 Å². The molecule has 6 heteroatoms. The lowest BCUT2D eigenvalue weighted by atomic mass is 10.1. The van der Waals surface area contributed by atoms with Crippen molar-refractivity contribution >= 4 is 17.6 Å². The number of benzene rings is 1. The molecule has 0 aliphatic heterocycles. The van der Waals surface area contributed by atoms with Crippen LogP contribution in [0.25, 0.3) is 11.3 Å². The van der Waals surface area contributed by atoms with Gasteiger partial charge in [-0.05, 0) is 35.9 Å². The number of hydrogen-bond donors (Lipinski definition) is 3. The van der Waals surface area contributed by atoms with Crippen LogP contribution < -0.4 is 15.8 Å². The highest BCUT2D eigenvalue weighted by atomic mass is 16.5. The summed E-state index contributed by atoms with van der Waals surface area (Å²) in [7, 11) is 1.59. The van der Waals surface area contributed by atoms with E-state index in [1.165, 1.54) is 6.92 Å². The van der Waals surface area contributed by atoms with Crippen LogP contribution in [0.5, 0.6) is 5.75 Å². The van der Waals surface area contributed by atoms with E-state index in [0.29, 0.717) is 11.5 Å². The first-order valence-electron chi connectivity index (χ1n) is 5.96. The minimum Gasteiger partial charge on any atom is -0.497 e. The van der Waals surface area contributed by atoms with Gasteiger partial charge in [0.1, 0.15) is 11.6 Å². The van der Waals surface area contributed by atoms with Crippen LogP contribution in [-0.2, 0) is 4.79 Å². The van der Waals surface area contributed by atoms with Crippen LogP contribution in [0.3, 0.4) is 0 Å². The maximum atomic E-state index is 11.4. The number of nitrogens with two attached hydrogens (primary N) is 1. The summed E-state index contributed by atoms with van der Waals surface area (Å²) >= 11 is 0. The summed E-state index contributed by atoms with van der Waals surface area (Å²) in [6.45, 7) is 1.36. The van der Waals surface area contributed by atoms with Gasteiger partial charge in [-0.1, -0.05) is 0 Å². The topological polar surface area (TPSA) is 97.2 Å². The number of anilines is 1. The lowest BCUT2D eigenvalue weighted by Gasteiger charge is -2.02. The highest BCUT2D eigenvalue weighted by Crippen LogP contribution is 2.26. The lowest BCUT2D eigenvalue weighted by Crippen LogP contribution is -2.15. The van der Waals surface area contributed by atoms with Gasteiger partial charge in [0, 0.05) is 12.6 Å². The lowest BCUT2D eigenvalue weighted by molar-refractivity contribution is -0.114. The monoisotopic (exact) mass is 273 g/mol. The van der Waals surface area contributed by atoms with Crippen molar-refractivity contribution in [2.75, 3.05) is 12.4 Å². The SMILES string of the molecule is COc1ccc(-c2cc(C(N)=O)c(NC(C)=O)[nH]2)cc1. The van der Waals surface area contributed by atoms with Crippen molar-refractivity contribution in [1.82, 2.24) is 4.98 Å². The molecule has 2 rings (SSSR count). The van der Waals surface area contributed by atoms with Crippen LogP contribution in [-0.4, -0.2) is 23.9 Å². The Kier molecular flexibility index (Phi) is 3.74. The summed E-state index contributed by atoms with van der Waals surface area (Å²) in [6.07, 6.45) is 0. The molecule has 2 amide bonds. The highest BCUT2D eigenvalue weighted by molar-refractivity contribution is 6.03. The Hall–Kier alpha value is -2.76. The van der Waals surface area contributed by atoms with E-state index in [1.54, 1.807) is 25.3 Å². The van der Waals surface area contributed by atoms with E-state index < -0.39 is 5.91 Å². The Morgan fingerprint density at radius 1 is 1.25 bits per heavy atom. The molecular weight excluding hydrogens is 258 g/mol. The Morgan fingerprint density at radius 3 is 2.40 bits per heavy atom. The van der Waals surface area contributed by atoms with Crippen molar-refractivity contribution in [2.45, 2.75) is 6.92 Å². The number of nitrogens with one attached hydrogen (secondary N) is 2. The Labute approximate surface area is 115 Å². The third kappa shape index (κ3) is 2.80. The number of aromatic nitrogens is 1. The second kappa shape index (κ2) is 5.48. The Morgan fingerprint density at radius 2 is 1.90 bits per heavy atom. The molecule has 0 radical (unpaired) electrons. The molecule has 0 spiro atoms. The smallest absolute Gasteiger partial charge is 0.252 e. The molecule has 1 aromatic carbocycles. The molecule has 0 atom stereocenters. The molecule has 104 valence electrons. The van der Waals surface area contributed by atoms with Crippen molar-refractivity contribution in [3.8, 4) is 17.0 Å². The quantitative estimate of drug-likeness (QED) is 0.791. The molecule has 0 aliphatic carbocycles. The molecule has 0 aliphatic rings. The number of carbonyl (C=O) groups excluding carboxylic acids is 2. The number of ether oxygens (including phenoxy) is 1. The average molecular weight is 273 g/mol. The predicted molar refractivity (Wildman–Crippen MR) is 75.6 cm³/mol. The number of primary amides is 1. The Bertz CT molecular complexity index is 644. The molecule has 4 N–H and O–H groups in total. The first-order valence-corrected chi connectivity index (χ1v) is 5.96. The van der Waals surface area contributed by atoms with Gasteiger partial charge in [0.25, 0.3) is 5.91 Å². The van der Waals surface area contributed by atoms with Crippen LogP contribution in [0, 0.1) is 0 Å². The summed E-state index contributed by atoms with van der Waals surface area (Å²) in [5, 5.41) is 2.55. The summed E-state index contributed by atoms with van der Waals surface area (Å²) in [6, 6.07) is 8.89. The van der Waals surface area contributed by atoms with E-state index in [1.807, 2.05) is 12.1 Å². The minimum absolute atomic E-state index is 0.242. The molecule has 0 bridgehead atoms. The molecule has 0 saturated heterocycles. The zero-order valence-corrected chi connectivity index (χ0v) is 11.2. The number of H-pyrrole nitrogens is 1. The largest absolute Gasteiger partial charge is 0.497 e. The van der Waals surface area contributed by atoms with Crippen molar-refractivity contribution in [2.24, 2.45) is 5.73 Å². The number of methoxy groups -OCH3 is 1. The van der Waals surface area contributed by atoms with Gasteiger partial charge in [-0.3, -0.25) is 9.59 Å². The van der Waals surface area contributed by atoms with E-state index in [-0.39, 0.29) is 11.5 Å². The first kappa shape index (κ1) is 13.7. The maximum absolute atomic E-state index is 11.4. The van der Waals surface area contributed by atoms with Crippen molar-refractivity contribution in [1.29, 1.82) is 0 Å². The molecule has 0 unspecified atom stereocenters. The van der Waals surface area contributed by atoms with Crippen LogP contribution in [0.15, 0.2) is 30.3 Å². The van der Waals surface area contributed by atoms with Crippen LogP contribution >= 0.6 is 0 Å². The summed E-state index contributed by atoms with van der Waals surface area (Å²) < 4.78 is 5.08. The third-order valence-corrected chi connectivity index (χ3v) is 2.79. The van der Waals surface area contributed by atoms with Gasteiger partial charge in [0.05, 0.1) is 12.7 Å². The second-order valence-electron chi connectivity index (χ2n) is 4.25. The molecule has 6 nitrogen and oxygen atoms in total. The number of amides is 2. The van der Waals surface area contributed by atoms with Crippen LogP contribution in [0.4, 0.5) is 5.82 Å². The first-order chi connectivity index (χ1) is 9.51. The van der Waals surface area contributed by atoms with E-state index >= 15 is 0 Å². The number of aromatic amines is 1. The fraction of sp³-hybridized carbons (Fsp3) is 0.143. The Balaban J connectivity index is 2.41. The van der Waals surface area contributed by atoms with Gasteiger partial charge in [0.15, 0.2) is 0 Å². The van der Waals surface area contributed by atoms with E-state index in [2.05, 4.69) is 10.3 Å². The fourth-order valence-corrected chi connectivity index (χ4v) is 1.85. The molecule has 0 fully saturated rings. The number of carbonyl (C=O) groups is 2. The summed E-state index contributed by atoms with van der Waals surface area (Å²) in [5.74, 6) is 0.147. The van der Waals surface area contributed by atoms with E-state index in [9.17, 15) is 9.59 Å². The number of hydrogen-bond acceptors (Lipinski definition) is 3. The van der Waals surface area contributed by atoms with Gasteiger partial charge in [0.2, 0.25) is 5.91 Å². The fourth-order valence-electron chi connectivity index (χ4n) is 1.85. The van der Waals surface area contributed by atoms with Crippen LogP contribution in [0.2, 0.25) is 0 Å². The summed E-state index contributed by atoms with van der Waals surface area (Å²) in [4.78, 5) is 25.5. The molecule has 0 saturated carbocycles. The van der Waals surface area contributed by atoms with Gasteiger partial charge in [-0.15, -0.1) is 0 Å². The zero-order chi connectivity index (χ0) is 14.7. The highest BCUT2D eigenvalue weighted by Gasteiger charge is 2.14. The molecule has 2 aromatic rings. The number of rotatable bonds is 4. The van der Waals surface area contributed by atoms with Crippen LogP contribution in [0.1, 0.15) is 17.3 Å². The molecule has 20 heavy (non-hydrogen) atoms. The van der Waals surface area contributed by atoms with E-state index in [4.69, 9.17) is 10.5 Å².